The molecule has 66 valence electrons. The van der Waals surface area contributed by atoms with Gasteiger partial charge in [0.15, 0.2) is 0 Å². The average molecular weight is 196 g/mol. The van der Waals surface area contributed by atoms with Crippen molar-refractivity contribution in [1.29, 1.82) is 0 Å². The van der Waals surface area contributed by atoms with E-state index in [-0.39, 0.29) is 0 Å². The molecule has 0 amide bonds. The molecule has 0 aromatic carbocycles. The first kappa shape index (κ1) is 9.63. The second-order valence-electron chi connectivity index (χ2n) is 3.06. The van der Waals surface area contributed by atoms with Crippen molar-refractivity contribution in [2.45, 2.75) is 24.6 Å². The molecule has 1 fully saturated rings. The molecule has 1 saturated heterocycles. The second-order valence-corrected chi connectivity index (χ2v) is 4.05. The van der Waals surface area contributed by atoms with Crippen LogP contribution in [0, 0.1) is 0 Å². The van der Waals surface area contributed by atoms with Crippen LogP contribution in [0.4, 0.5) is 0 Å². The summed E-state index contributed by atoms with van der Waals surface area (Å²) in [6.07, 6.45) is 3.39. The molecule has 0 radical (unpaired) electrons. The number of rotatable bonds is 3. The Morgan fingerprint density at radius 2 is 1.91 bits per heavy atom. The summed E-state index contributed by atoms with van der Waals surface area (Å²) in [6.45, 7) is 3.46. The van der Waals surface area contributed by atoms with Gasteiger partial charge in [-0.15, -0.1) is 23.2 Å². The summed E-state index contributed by atoms with van der Waals surface area (Å²) in [7, 11) is 0. The molecular weight excluding hydrogens is 181 g/mol. The van der Waals surface area contributed by atoms with Crippen molar-refractivity contribution in [3.05, 3.63) is 0 Å². The molecule has 0 aromatic heterocycles. The van der Waals surface area contributed by atoms with Crippen LogP contribution in [-0.4, -0.2) is 35.8 Å². The Kier molecular flexibility index (Phi) is 4.58. The molecule has 0 N–H and O–H groups in total. The van der Waals surface area contributed by atoms with Gasteiger partial charge in [-0.2, -0.15) is 0 Å². The first-order valence-corrected chi connectivity index (χ1v) is 5.22. The summed E-state index contributed by atoms with van der Waals surface area (Å²) in [5.74, 6) is 0.779. The predicted octanol–water partition coefficient (Wildman–Crippen LogP) is 2.32. The highest BCUT2D eigenvalue weighted by molar-refractivity contribution is 6.20. The third-order valence-corrected chi connectivity index (χ3v) is 2.83. The fourth-order valence-electron chi connectivity index (χ4n) is 1.41. The lowest BCUT2D eigenvalue weighted by Crippen LogP contribution is -2.34. The van der Waals surface area contributed by atoms with Crippen LogP contribution in [0.1, 0.15) is 19.3 Å². The Morgan fingerprint density at radius 3 is 2.45 bits per heavy atom. The van der Waals surface area contributed by atoms with Gasteiger partial charge in [0.2, 0.25) is 0 Å². The predicted molar refractivity (Wildman–Crippen MR) is 50.7 cm³/mol. The van der Waals surface area contributed by atoms with Crippen molar-refractivity contribution in [3.8, 4) is 0 Å². The minimum absolute atomic E-state index is 0.419. The lowest BCUT2D eigenvalue weighted by atomic mass is 10.1. The maximum Gasteiger partial charge on any atom is 0.0360 e. The molecule has 1 nitrogen and oxygen atoms in total. The van der Waals surface area contributed by atoms with Crippen LogP contribution in [0.3, 0.4) is 0 Å². The Morgan fingerprint density at radius 1 is 1.27 bits per heavy atom. The van der Waals surface area contributed by atoms with Crippen molar-refractivity contribution in [2.24, 2.45) is 0 Å². The van der Waals surface area contributed by atoms with Gasteiger partial charge in [0, 0.05) is 11.3 Å². The fourth-order valence-corrected chi connectivity index (χ4v) is 1.72. The Labute approximate surface area is 78.7 Å². The Balaban J connectivity index is 2.07. The number of halogens is 2. The lowest BCUT2D eigenvalue weighted by molar-refractivity contribution is 0.232. The molecule has 0 saturated carbocycles. The van der Waals surface area contributed by atoms with Gasteiger partial charge in [0.05, 0.1) is 0 Å². The fraction of sp³-hybridized carbons (Fsp3) is 1.00. The van der Waals surface area contributed by atoms with E-state index in [2.05, 4.69) is 4.90 Å². The second kappa shape index (κ2) is 5.23. The van der Waals surface area contributed by atoms with E-state index in [9.17, 15) is 0 Å². The molecule has 11 heavy (non-hydrogen) atoms. The zero-order valence-electron chi connectivity index (χ0n) is 6.73. The van der Waals surface area contributed by atoms with Crippen molar-refractivity contribution in [3.63, 3.8) is 0 Å². The van der Waals surface area contributed by atoms with Gasteiger partial charge >= 0.3 is 0 Å². The van der Waals surface area contributed by atoms with Gasteiger partial charge in [-0.1, -0.05) is 0 Å². The maximum atomic E-state index is 5.96. The number of piperidine rings is 1. The van der Waals surface area contributed by atoms with Crippen LogP contribution in [0.15, 0.2) is 0 Å². The smallest absolute Gasteiger partial charge is 0.0360 e. The quantitative estimate of drug-likeness (QED) is 0.626. The highest BCUT2D eigenvalue weighted by Crippen LogP contribution is 2.15. The summed E-state index contributed by atoms with van der Waals surface area (Å²) in [6, 6.07) is 0. The molecule has 1 aliphatic rings. The molecule has 3 heteroatoms. The van der Waals surface area contributed by atoms with Gasteiger partial charge in [-0.3, -0.25) is 0 Å². The average Bonchev–Trinajstić information content (AvgIpc) is 2.04. The Hall–Kier alpha value is 0.540. The largest absolute Gasteiger partial charge is 0.303 e. The molecular formula is C8H15Cl2N. The normalized spacial score (nSPS) is 22.4. The van der Waals surface area contributed by atoms with Crippen LogP contribution in [-0.2, 0) is 0 Å². The van der Waals surface area contributed by atoms with E-state index < -0.39 is 0 Å². The number of hydrogen-bond donors (Lipinski definition) is 0. The lowest BCUT2D eigenvalue weighted by Gasteiger charge is -2.28. The molecule has 0 atom stereocenters. The molecule has 0 spiro atoms. The highest BCUT2D eigenvalue weighted by Gasteiger charge is 2.15. The van der Waals surface area contributed by atoms with E-state index in [1.54, 1.807) is 0 Å². The minimum atomic E-state index is 0.419. The Bertz CT molecular complexity index is 97.5. The number of alkyl halides is 2. The van der Waals surface area contributed by atoms with Crippen molar-refractivity contribution in [2.75, 3.05) is 25.5 Å². The van der Waals surface area contributed by atoms with Gasteiger partial charge in [-0.25, -0.2) is 0 Å². The molecule has 1 rings (SSSR count). The van der Waals surface area contributed by atoms with E-state index in [0.717, 1.165) is 44.8 Å². The van der Waals surface area contributed by atoms with Crippen LogP contribution in [0.2, 0.25) is 0 Å². The topological polar surface area (TPSA) is 3.24 Å². The van der Waals surface area contributed by atoms with E-state index in [0.29, 0.717) is 5.38 Å². The molecule has 0 bridgehead atoms. The van der Waals surface area contributed by atoms with E-state index >= 15 is 0 Å². The molecule has 0 aromatic rings. The van der Waals surface area contributed by atoms with Crippen molar-refractivity contribution >= 4 is 23.2 Å². The van der Waals surface area contributed by atoms with Gasteiger partial charge in [0.25, 0.3) is 0 Å². The monoisotopic (exact) mass is 195 g/mol. The summed E-state index contributed by atoms with van der Waals surface area (Å²) in [5, 5.41) is 0.419. The summed E-state index contributed by atoms with van der Waals surface area (Å²) in [4.78, 5) is 2.45. The third-order valence-electron chi connectivity index (χ3n) is 2.13. The number of nitrogens with zero attached hydrogens (tertiary/aromatic N) is 1. The van der Waals surface area contributed by atoms with Crippen molar-refractivity contribution < 1.29 is 0 Å². The van der Waals surface area contributed by atoms with Gasteiger partial charge < -0.3 is 4.90 Å². The summed E-state index contributed by atoms with van der Waals surface area (Å²) < 4.78 is 0. The first-order chi connectivity index (χ1) is 5.33. The van der Waals surface area contributed by atoms with Gasteiger partial charge in [0.1, 0.15) is 0 Å². The van der Waals surface area contributed by atoms with E-state index in [1.165, 1.54) is 0 Å². The minimum Gasteiger partial charge on any atom is -0.303 e. The number of likely N-dealkylation sites (tertiary alicyclic amines) is 1. The standard InChI is InChI=1S/C8H15Cl2N/c9-4-1-5-11-6-2-8(10)3-7-11/h8H,1-7H2. The van der Waals surface area contributed by atoms with E-state index in [1.807, 2.05) is 0 Å². The summed E-state index contributed by atoms with van der Waals surface area (Å²) in [5.41, 5.74) is 0. The zero-order valence-corrected chi connectivity index (χ0v) is 8.24. The summed E-state index contributed by atoms with van der Waals surface area (Å²) >= 11 is 11.6. The maximum absolute atomic E-state index is 5.96. The van der Waals surface area contributed by atoms with Crippen molar-refractivity contribution in [1.82, 2.24) is 4.90 Å². The number of hydrogen-bond acceptors (Lipinski definition) is 1. The highest BCUT2D eigenvalue weighted by atomic mass is 35.5. The molecule has 1 aliphatic heterocycles. The van der Waals surface area contributed by atoms with Crippen LogP contribution < -0.4 is 0 Å². The molecule has 1 heterocycles. The van der Waals surface area contributed by atoms with E-state index in [4.69, 9.17) is 23.2 Å². The molecule has 0 aliphatic carbocycles. The van der Waals surface area contributed by atoms with Crippen LogP contribution in [0.25, 0.3) is 0 Å². The third kappa shape index (κ3) is 3.64. The van der Waals surface area contributed by atoms with Crippen LogP contribution >= 0.6 is 23.2 Å². The first-order valence-electron chi connectivity index (χ1n) is 4.25. The zero-order chi connectivity index (χ0) is 8.10. The molecule has 0 unspecified atom stereocenters. The van der Waals surface area contributed by atoms with Crippen LogP contribution in [0.5, 0.6) is 0 Å². The SMILES string of the molecule is ClCCCN1CCC(Cl)CC1. The van der Waals surface area contributed by atoms with Gasteiger partial charge in [-0.05, 0) is 38.9 Å².